The second kappa shape index (κ2) is 7.95. The molecule has 1 aliphatic rings. The van der Waals surface area contributed by atoms with Crippen molar-refractivity contribution in [3.8, 4) is 0 Å². The van der Waals surface area contributed by atoms with Crippen molar-refractivity contribution in [3.63, 3.8) is 0 Å². The number of anilines is 1. The minimum absolute atomic E-state index is 0.0386. The highest BCUT2D eigenvalue weighted by atomic mass is 16.5. The number of nitrogens with one attached hydrogen (secondary N) is 1. The fourth-order valence-electron chi connectivity index (χ4n) is 3.08. The summed E-state index contributed by atoms with van der Waals surface area (Å²) in [4.78, 5) is 35.1. The molecule has 0 atom stereocenters. The number of amides is 1. The van der Waals surface area contributed by atoms with Gasteiger partial charge in [0.15, 0.2) is 12.4 Å². The molecule has 0 saturated carbocycles. The van der Waals surface area contributed by atoms with Crippen molar-refractivity contribution in [2.75, 3.05) is 11.9 Å². The number of hydrogen-bond acceptors (Lipinski definition) is 4. The minimum atomic E-state index is -0.426. The van der Waals surface area contributed by atoms with E-state index in [1.807, 2.05) is 6.07 Å². The van der Waals surface area contributed by atoms with Gasteiger partial charge < -0.3 is 10.1 Å². The van der Waals surface area contributed by atoms with E-state index in [4.69, 9.17) is 4.74 Å². The molecule has 0 aliphatic heterocycles. The number of hydrogen-bond donors (Lipinski definition) is 1. The summed E-state index contributed by atoms with van der Waals surface area (Å²) in [7, 11) is 0. The molecule has 0 fully saturated rings. The third kappa shape index (κ3) is 4.57. The molecule has 0 saturated heterocycles. The van der Waals surface area contributed by atoms with E-state index in [-0.39, 0.29) is 18.8 Å². The molecule has 1 amide bonds. The molecule has 5 heteroatoms. The van der Waals surface area contributed by atoms with Crippen LogP contribution < -0.4 is 5.32 Å². The maximum absolute atomic E-state index is 11.9. The summed E-state index contributed by atoms with van der Waals surface area (Å²) in [5.41, 5.74) is 4.70. The van der Waals surface area contributed by atoms with Crippen LogP contribution in [0.25, 0.3) is 0 Å². The first-order valence-electron chi connectivity index (χ1n) is 8.68. The zero-order chi connectivity index (χ0) is 18.5. The first-order chi connectivity index (χ1) is 12.5. The summed E-state index contributed by atoms with van der Waals surface area (Å²) in [6.45, 7) is 1.15. The number of ether oxygens (including phenoxy) is 1. The van der Waals surface area contributed by atoms with Gasteiger partial charge in [0.05, 0.1) is 6.42 Å². The first-order valence-corrected chi connectivity index (χ1v) is 8.68. The van der Waals surface area contributed by atoms with Crippen LogP contribution in [0.5, 0.6) is 0 Å². The van der Waals surface area contributed by atoms with Crippen molar-refractivity contribution >= 4 is 23.3 Å². The van der Waals surface area contributed by atoms with Crippen LogP contribution in [-0.2, 0) is 33.6 Å². The smallest absolute Gasteiger partial charge is 0.310 e. The van der Waals surface area contributed by atoms with E-state index < -0.39 is 11.9 Å². The summed E-state index contributed by atoms with van der Waals surface area (Å²) >= 11 is 0. The van der Waals surface area contributed by atoms with Gasteiger partial charge in [-0.05, 0) is 67.1 Å². The number of fused-ring (bicyclic) bond motifs is 1. The average molecular weight is 351 g/mol. The summed E-state index contributed by atoms with van der Waals surface area (Å²) in [6, 6.07) is 12.6. The molecule has 5 nitrogen and oxygen atoms in total. The summed E-state index contributed by atoms with van der Waals surface area (Å²) in [5, 5.41) is 2.63. The lowest BCUT2D eigenvalue weighted by Gasteiger charge is -2.08. The van der Waals surface area contributed by atoms with Crippen LogP contribution >= 0.6 is 0 Å². The van der Waals surface area contributed by atoms with Gasteiger partial charge in [-0.3, -0.25) is 14.4 Å². The molecular weight excluding hydrogens is 330 g/mol. The van der Waals surface area contributed by atoms with E-state index in [0.29, 0.717) is 11.3 Å². The Labute approximate surface area is 152 Å². The number of Topliss-reactive ketones (excluding diaryl/α,β-unsaturated/α-hetero) is 1. The Bertz CT molecular complexity index is 840. The van der Waals surface area contributed by atoms with E-state index in [9.17, 15) is 14.4 Å². The Morgan fingerprint density at radius 1 is 1.00 bits per heavy atom. The Morgan fingerprint density at radius 2 is 1.73 bits per heavy atom. The van der Waals surface area contributed by atoms with E-state index in [1.54, 1.807) is 24.3 Å². The van der Waals surface area contributed by atoms with Crippen molar-refractivity contribution in [1.82, 2.24) is 0 Å². The van der Waals surface area contributed by atoms with Gasteiger partial charge in [0, 0.05) is 11.3 Å². The molecule has 1 N–H and O–H groups in total. The van der Waals surface area contributed by atoms with Crippen molar-refractivity contribution < 1.29 is 19.1 Å². The highest BCUT2D eigenvalue weighted by Gasteiger charge is 2.13. The summed E-state index contributed by atoms with van der Waals surface area (Å²) < 4.78 is 5.06. The molecule has 0 spiro atoms. The lowest BCUT2D eigenvalue weighted by atomic mass is 10.0. The van der Waals surface area contributed by atoms with Gasteiger partial charge in [0.1, 0.15) is 0 Å². The number of benzene rings is 2. The Kier molecular flexibility index (Phi) is 5.46. The maximum Gasteiger partial charge on any atom is 0.310 e. The third-order valence-corrected chi connectivity index (χ3v) is 4.45. The number of carbonyl (C=O) groups is 3. The predicted molar refractivity (Wildman–Crippen MR) is 98.2 cm³/mol. The fraction of sp³-hybridized carbons (Fsp3) is 0.286. The number of ketones is 1. The Hall–Kier alpha value is -2.95. The molecule has 0 radical (unpaired) electrons. The number of rotatable bonds is 6. The van der Waals surface area contributed by atoms with Gasteiger partial charge in [-0.2, -0.15) is 0 Å². The molecule has 1 aliphatic carbocycles. The number of esters is 1. The quantitative estimate of drug-likeness (QED) is 0.641. The lowest BCUT2D eigenvalue weighted by Crippen LogP contribution is -2.21. The van der Waals surface area contributed by atoms with Gasteiger partial charge >= 0.3 is 5.97 Å². The molecule has 0 heterocycles. The molecule has 134 valence electrons. The molecule has 0 unspecified atom stereocenters. The zero-order valence-electron chi connectivity index (χ0n) is 14.7. The number of aryl methyl sites for hydroxylation is 2. The van der Waals surface area contributed by atoms with Crippen molar-refractivity contribution in [1.29, 1.82) is 0 Å². The molecule has 0 aromatic heterocycles. The van der Waals surface area contributed by atoms with E-state index >= 15 is 0 Å². The van der Waals surface area contributed by atoms with Gasteiger partial charge in [0.2, 0.25) is 0 Å². The van der Waals surface area contributed by atoms with Crippen LogP contribution in [0.15, 0.2) is 42.5 Å². The molecule has 2 aromatic rings. The van der Waals surface area contributed by atoms with Crippen LogP contribution in [0.2, 0.25) is 0 Å². The van der Waals surface area contributed by atoms with Crippen molar-refractivity contribution in [3.05, 3.63) is 64.7 Å². The molecule has 26 heavy (non-hydrogen) atoms. The van der Waals surface area contributed by atoms with Crippen LogP contribution in [0, 0.1) is 0 Å². The second-order valence-electron chi connectivity index (χ2n) is 6.48. The Morgan fingerprint density at radius 3 is 2.46 bits per heavy atom. The first kappa shape index (κ1) is 17.9. The molecular formula is C21H21NO4. The summed E-state index contributed by atoms with van der Waals surface area (Å²) in [5.74, 6) is -0.878. The minimum Gasteiger partial charge on any atom is -0.455 e. The van der Waals surface area contributed by atoms with Gasteiger partial charge in [-0.15, -0.1) is 0 Å². The van der Waals surface area contributed by atoms with Gasteiger partial charge in [-0.1, -0.05) is 18.2 Å². The third-order valence-electron chi connectivity index (χ3n) is 4.45. The zero-order valence-corrected chi connectivity index (χ0v) is 14.7. The highest BCUT2D eigenvalue weighted by molar-refractivity contribution is 5.96. The maximum atomic E-state index is 11.9. The largest absolute Gasteiger partial charge is 0.455 e. The van der Waals surface area contributed by atoms with Crippen molar-refractivity contribution in [2.24, 2.45) is 0 Å². The van der Waals surface area contributed by atoms with Crippen LogP contribution in [-0.4, -0.2) is 24.3 Å². The molecule has 3 rings (SSSR count). The monoisotopic (exact) mass is 351 g/mol. The van der Waals surface area contributed by atoms with Crippen LogP contribution in [0.1, 0.15) is 40.4 Å². The average Bonchev–Trinajstić information content (AvgIpc) is 3.08. The predicted octanol–water partition coefficient (Wildman–Crippen LogP) is 3.10. The normalized spacial score (nSPS) is 12.3. The van der Waals surface area contributed by atoms with Crippen LogP contribution in [0.4, 0.5) is 5.69 Å². The van der Waals surface area contributed by atoms with Crippen molar-refractivity contribution in [2.45, 2.75) is 32.6 Å². The molecule has 2 aromatic carbocycles. The fourth-order valence-corrected chi connectivity index (χ4v) is 3.08. The summed E-state index contributed by atoms with van der Waals surface area (Å²) in [6.07, 6.45) is 3.49. The van der Waals surface area contributed by atoms with Gasteiger partial charge in [0.25, 0.3) is 5.91 Å². The standard InChI is InChI=1S/C21H21NO4/c1-14(23)16-7-9-19(10-8-16)22-20(24)13-26-21(25)12-15-5-6-17-3-2-4-18(17)11-15/h5-11H,2-4,12-13H2,1H3,(H,22,24). The van der Waals surface area contributed by atoms with E-state index in [2.05, 4.69) is 17.4 Å². The SMILES string of the molecule is CC(=O)c1ccc(NC(=O)COC(=O)Cc2ccc3c(c2)CCC3)cc1. The number of carbonyl (C=O) groups excluding carboxylic acids is 3. The highest BCUT2D eigenvalue weighted by Crippen LogP contribution is 2.23. The molecule has 0 bridgehead atoms. The van der Waals surface area contributed by atoms with Gasteiger partial charge in [-0.25, -0.2) is 0 Å². The van der Waals surface area contributed by atoms with E-state index in [0.717, 1.165) is 24.8 Å². The van der Waals surface area contributed by atoms with Crippen LogP contribution in [0.3, 0.4) is 0 Å². The topological polar surface area (TPSA) is 72.5 Å². The lowest BCUT2D eigenvalue weighted by molar-refractivity contribution is -0.146. The second-order valence-corrected chi connectivity index (χ2v) is 6.48. The Balaban J connectivity index is 1.46. The van der Waals surface area contributed by atoms with E-state index in [1.165, 1.54) is 18.1 Å².